The lowest BCUT2D eigenvalue weighted by molar-refractivity contribution is -0.241. The van der Waals surface area contributed by atoms with Crippen LogP contribution in [0.15, 0.2) is 23.8 Å². The number of carbonyl (C=O) groups excluding carboxylic acids is 2. The molecule has 0 aromatic carbocycles. The lowest BCUT2D eigenvalue weighted by atomic mass is 9.47. The molecule has 0 aromatic rings. The van der Waals surface area contributed by atoms with E-state index in [0.29, 0.717) is 42.7 Å². The summed E-state index contributed by atoms with van der Waals surface area (Å²) in [5.41, 5.74) is 0.784. The fraction of sp³-hybridized carbons (Fsp3) is 0.793. The fourth-order valence-electron chi connectivity index (χ4n) is 9.55. The Balaban J connectivity index is 1.25. The summed E-state index contributed by atoms with van der Waals surface area (Å²) in [6, 6.07) is 0. The number of carbonyl (C=O) groups is 2. The highest BCUT2D eigenvalue weighted by atomic mass is 16.6. The molecule has 6 rings (SSSR count). The van der Waals surface area contributed by atoms with Gasteiger partial charge < -0.3 is 14.2 Å². The highest BCUT2D eigenvalue weighted by Crippen LogP contribution is 2.67. The molecular weight excluding hydrogens is 428 g/mol. The van der Waals surface area contributed by atoms with Gasteiger partial charge in [0.2, 0.25) is 0 Å². The van der Waals surface area contributed by atoms with Gasteiger partial charge >= 0.3 is 5.97 Å². The molecule has 2 saturated heterocycles. The molecule has 186 valence electrons. The van der Waals surface area contributed by atoms with Gasteiger partial charge in [0.25, 0.3) is 0 Å². The largest absolute Gasteiger partial charge is 0.461 e. The van der Waals surface area contributed by atoms with Crippen LogP contribution in [0.1, 0.15) is 65.7 Å². The van der Waals surface area contributed by atoms with E-state index in [-0.39, 0.29) is 34.7 Å². The predicted molar refractivity (Wildman–Crippen MR) is 128 cm³/mol. The Morgan fingerprint density at radius 3 is 2.59 bits per heavy atom. The lowest BCUT2D eigenvalue weighted by Crippen LogP contribution is -2.61. The van der Waals surface area contributed by atoms with Crippen molar-refractivity contribution in [1.29, 1.82) is 0 Å². The average molecular weight is 469 g/mol. The predicted octanol–water partition coefficient (Wildman–Crippen LogP) is 4.89. The van der Waals surface area contributed by atoms with Gasteiger partial charge in [-0.15, -0.1) is 0 Å². The van der Waals surface area contributed by atoms with Crippen molar-refractivity contribution in [1.82, 2.24) is 0 Å². The molecule has 0 spiro atoms. The maximum Gasteiger partial charge on any atom is 0.314 e. The normalized spacial score (nSPS) is 51.8. The second-order valence-electron chi connectivity index (χ2n) is 12.7. The van der Waals surface area contributed by atoms with E-state index in [1.165, 1.54) is 18.4 Å². The van der Waals surface area contributed by atoms with E-state index >= 15 is 0 Å². The van der Waals surface area contributed by atoms with E-state index in [4.69, 9.17) is 14.2 Å². The van der Waals surface area contributed by atoms with Gasteiger partial charge in [0.15, 0.2) is 5.78 Å². The number of ketones is 1. The van der Waals surface area contributed by atoms with Gasteiger partial charge in [0.1, 0.15) is 12.0 Å². The van der Waals surface area contributed by atoms with E-state index in [1.54, 1.807) is 7.11 Å². The first kappa shape index (κ1) is 23.0. The topological polar surface area (TPSA) is 61.8 Å². The first-order valence-corrected chi connectivity index (χ1v) is 13.5. The zero-order valence-corrected chi connectivity index (χ0v) is 21.2. The molecule has 10 atom stereocenters. The molecule has 0 amide bonds. The minimum Gasteiger partial charge on any atom is -0.461 e. The summed E-state index contributed by atoms with van der Waals surface area (Å²) < 4.78 is 17.9. The Bertz CT molecular complexity index is 952. The van der Waals surface area contributed by atoms with Gasteiger partial charge in [-0.1, -0.05) is 24.6 Å². The van der Waals surface area contributed by atoms with Gasteiger partial charge in [0.05, 0.1) is 24.2 Å². The summed E-state index contributed by atoms with van der Waals surface area (Å²) in [6.07, 6.45) is 13.7. The van der Waals surface area contributed by atoms with Crippen LogP contribution in [-0.2, 0) is 23.8 Å². The van der Waals surface area contributed by atoms with Gasteiger partial charge in [-0.05, 0) is 87.5 Å². The Labute approximate surface area is 203 Å². The minimum atomic E-state index is -0.489. The quantitative estimate of drug-likeness (QED) is 0.436. The molecule has 0 radical (unpaired) electrons. The fourth-order valence-corrected chi connectivity index (χ4v) is 9.55. The molecule has 2 saturated carbocycles. The molecule has 2 heterocycles. The van der Waals surface area contributed by atoms with Crippen LogP contribution in [-0.4, -0.2) is 43.8 Å². The van der Waals surface area contributed by atoms with Crippen molar-refractivity contribution in [2.24, 2.45) is 46.3 Å². The molecule has 0 aromatic heterocycles. The highest BCUT2D eigenvalue weighted by molar-refractivity contribution is 5.98. The molecule has 4 aliphatic carbocycles. The first-order chi connectivity index (χ1) is 16.2. The van der Waals surface area contributed by atoms with Crippen LogP contribution >= 0.6 is 0 Å². The minimum absolute atomic E-state index is 0.0573. The first-order valence-electron chi connectivity index (χ1n) is 13.5. The van der Waals surface area contributed by atoms with Gasteiger partial charge in [-0.2, -0.15) is 0 Å². The third-order valence-electron chi connectivity index (χ3n) is 11.5. The summed E-state index contributed by atoms with van der Waals surface area (Å²) >= 11 is 0. The lowest BCUT2D eigenvalue weighted by Gasteiger charge is -2.58. The van der Waals surface area contributed by atoms with Gasteiger partial charge in [-0.3, -0.25) is 9.59 Å². The second-order valence-corrected chi connectivity index (χ2v) is 12.7. The number of esters is 1. The molecule has 5 heteroatoms. The number of methoxy groups -OCH3 is 1. The van der Waals surface area contributed by atoms with Crippen molar-refractivity contribution in [3.63, 3.8) is 0 Å². The smallest absolute Gasteiger partial charge is 0.314 e. The van der Waals surface area contributed by atoms with Crippen LogP contribution in [0.5, 0.6) is 0 Å². The van der Waals surface area contributed by atoms with Crippen LogP contribution < -0.4 is 0 Å². The van der Waals surface area contributed by atoms with Crippen LogP contribution in [0, 0.1) is 46.3 Å². The van der Waals surface area contributed by atoms with Crippen molar-refractivity contribution in [3.05, 3.63) is 23.8 Å². The van der Waals surface area contributed by atoms with E-state index < -0.39 is 5.60 Å². The number of hydrogen-bond acceptors (Lipinski definition) is 5. The van der Waals surface area contributed by atoms with E-state index in [2.05, 4.69) is 26.8 Å². The molecule has 4 fully saturated rings. The summed E-state index contributed by atoms with van der Waals surface area (Å²) in [5, 5.41) is 0. The van der Waals surface area contributed by atoms with E-state index in [9.17, 15) is 9.59 Å². The Kier molecular flexibility index (Phi) is 5.25. The number of fused-ring (bicyclic) bond motifs is 7. The molecule has 5 nitrogen and oxygen atoms in total. The maximum absolute atomic E-state index is 13.1. The van der Waals surface area contributed by atoms with Crippen molar-refractivity contribution < 1.29 is 23.8 Å². The maximum atomic E-state index is 13.1. The van der Waals surface area contributed by atoms with Crippen LogP contribution in [0.2, 0.25) is 0 Å². The van der Waals surface area contributed by atoms with E-state index in [1.807, 2.05) is 12.2 Å². The van der Waals surface area contributed by atoms with Crippen molar-refractivity contribution in [3.8, 4) is 0 Å². The standard InChI is InChI=1S/C29H40O5/c1-27-13-12-22-18(9-8-17-6-5-7-25(30)29(17,22)3)20(27)10-11-21(27)19-15-33-28(2)14-24(19)34-26(31)23(28)16-32-4/h5,7-8,18-24H,6,9-16H2,1-4H3. The Morgan fingerprint density at radius 2 is 1.82 bits per heavy atom. The number of rotatable bonds is 3. The van der Waals surface area contributed by atoms with Crippen molar-refractivity contribution in [2.75, 3.05) is 20.3 Å². The summed E-state index contributed by atoms with van der Waals surface area (Å²) in [5.74, 6) is 2.23. The zero-order valence-electron chi connectivity index (χ0n) is 21.2. The highest BCUT2D eigenvalue weighted by Gasteiger charge is 2.63. The molecule has 2 aliphatic heterocycles. The van der Waals surface area contributed by atoms with E-state index in [0.717, 1.165) is 32.1 Å². The SMILES string of the molecule is COCC1C(=O)OC2CC1(C)OCC2C1CCC2C3CC=C4CC=CC(=O)C4(C)C3CCC12C. The summed E-state index contributed by atoms with van der Waals surface area (Å²) in [4.78, 5) is 26.0. The number of allylic oxidation sites excluding steroid dienone is 4. The number of hydrogen-bond donors (Lipinski definition) is 0. The molecule has 34 heavy (non-hydrogen) atoms. The molecule has 2 bridgehead atoms. The number of ether oxygens (including phenoxy) is 3. The monoisotopic (exact) mass is 468 g/mol. The third kappa shape index (κ3) is 2.98. The third-order valence-corrected chi connectivity index (χ3v) is 11.5. The molecule has 10 unspecified atom stereocenters. The average Bonchev–Trinajstić information content (AvgIpc) is 3.15. The van der Waals surface area contributed by atoms with Gasteiger partial charge in [0, 0.05) is 19.4 Å². The van der Waals surface area contributed by atoms with Crippen LogP contribution in [0.4, 0.5) is 0 Å². The summed E-state index contributed by atoms with van der Waals surface area (Å²) in [7, 11) is 1.63. The van der Waals surface area contributed by atoms with Crippen molar-refractivity contribution >= 4 is 11.8 Å². The second kappa shape index (κ2) is 7.77. The zero-order chi connectivity index (χ0) is 23.9. The summed E-state index contributed by atoms with van der Waals surface area (Å²) in [6.45, 7) is 7.81. The van der Waals surface area contributed by atoms with Crippen molar-refractivity contribution in [2.45, 2.75) is 77.4 Å². The Morgan fingerprint density at radius 1 is 1.06 bits per heavy atom. The molecule has 0 N–H and O–H groups in total. The molecular formula is C29H40O5. The van der Waals surface area contributed by atoms with Crippen LogP contribution in [0.3, 0.4) is 0 Å². The molecule has 6 aliphatic rings. The van der Waals surface area contributed by atoms with Gasteiger partial charge in [-0.25, -0.2) is 0 Å². The van der Waals surface area contributed by atoms with Crippen LogP contribution in [0.25, 0.3) is 0 Å². The Hall–Kier alpha value is -1.46.